The number of nitrogens with zero attached hydrogens (tertiary/aromatic N) is 1. The van der Waals surface area contributed by atoms with Crippen molar-refractivity contribution in [2.45, 2.75) is 4.21 Å². The van der Waals surface area contributed by atoms with Crippen LogP contribution in [0.2, 0.25) is 0 Å². The average Bonchev–Trinajstić information content (AvgIpc) is 2.65. The summed E-state index contributed by atoms with van der Waals surface area (Å²) in [6.45, 7) is -0.575. The molecule has 5 nitrogen and oxygen atoms in total. The molecule has 0 fully saturated rings. The van der Waals surface area contributed by atoms with Crippen LogP contribution in [0.15, 0.2) is 20.1 Å². The van der Waals surface area contributed by atoms with Gasteiger partial charge in [-0.15, -0.1) is 11.3 Å². The van der Waals surface area contributed by atoms with Crippen LogP contribution in [-0.2, 0) is 10.0 Å². The summed E-state index contributed by atoms with van der Waals surface area (Å²) in [7, 11) is -3.60. The Bertz CT molecular complexity index is 425. The van der Waals surface area contributed by atoms with Crippen LogP contribution in [0.25, 0.3) is 0 Å². The molecule has 1 rings (SSSR count). The molecule has 16 heavy (non-hydrogen) atoms. The number of halogens is 1. The molecule has 0 saturated heterocycles. The van der Waals surface area contributed by atoms with Gasteiger partial charge >= 0.3 is 0 Å². The summed E-state index contributed by atoms with van der Waals surface area (Å²) < 4.78 is 26.0. The summed E-state index contributed by atoms with van der Waals surface area (Å²) in [5.41, 5.74) is 0. The normalized spacial score (nSPS) is 12.2. The van der Waals surface area contributed by atoms with Gasteiger partial charge in [0.05, 0.1) is 17.0 Å². The molecule has 0 atom stereocenters. The highest BCUT2D eigenvalue weighted by Gasteiger charge is 2.24. The van der Waals surface area contributed by atoms with Gasteiger partial charge in [-0.05, 0) is 28.1 Å². The Morgan fingerprint density at radius 1 is 1.25 bits per heavy atom. The monoisotopic (exact) mass is 329 g/mol. The zero-order valence-electron chi connectivity index (χ0n) is 8.34. The van der Waals surface area contributed by atoms with Gasteiger partial charge in [-0.3, -0.25) is 0 Å². The highest BCUT2D eigenvalue weighted by atomic mass is 79.9. The lowest BCUT2D eigenvalue weighted by atomic mass is 10.6. The molecule has 0 radical (unpaired) electrons. The van der Waals surface area contributed by atoms with Gasteiger partial charge in [0.2, 0.25) is 0 Å². The van der Waals surface area contributed by atoms with Crippen LogP contribution < -0.4 is 0 Å². The molecule has 8 heteroatoms. The summed E-state index contributed by atoms with van der Waals surface area (Å²) >= 11 is 4.29. The van der Waals surface area contributed by atoms with Crippen LogP contribution >= 0.6 is 27.3 Å². The standard InChI is InChI=1S/C8H12BrNO4S2/c9-7-1-2-8(15-7)16(13,14)10(3-5-11)4-6-12/h1-2,11-12H,3-6H2. The first-order valence-corrected chi connectivity index (χ1v) is 7.54. The second-order valence-corrected chi connectivity index (χ2v) is 7.54. The fourth-order valence-electron chi connectivity index (χ4n) is 1.14. The van der Waals surface area contributed by atoms with Crippen LogP contribution in [0.5, 0.6) is 0 Å². The number of hydrogen-bond donors (Lipinski definition) is 2. The lowest BCUT2D eigenvalue weighted by Crippen LogP contribution is -2.35. The number of aliphatic hydroxyl groups excluding tert-OH is 2. The van der Waals surface area contributed by atoms with Gasteiger partial charge in [0.1, 0.15) is 4.21 Å². The number of thiophene rings is 1. The molecule has 0 bridgehead atoms. The number of hydrogen-bond acceptors (Lipinski definition) is 5. The zero-order chi connectivity index (χ0) is 12.2. The predicted octanol–water partition coefficient (Wildman–Crippen LogP) is 0.486. The minimum atomic E-state index is -3.60. The predicted molar refractivity (Wildman–Crippen MR) is 64.9 cm³/mol. The van der Waals surface area contributed by atoms with E-state index in [4.69, 9.17) is 10.2 Å². The second kappa shape index (κ2) is 6.08. The highest BCUT2D eigenvalue weighted by molar-refractivity contribution is 9.11. The van der Waals surface area contributed by atoms with Crippen LogP contribution in [0.1, 0.15) is 0 Å². The lowest BCUT2D eigenvalue weighted by molar-refractivity contribution is 0.217. The van der Waals surface area contributed by atoms with E-state index in [1.807, 2.05) is 0 Å². The molecule has 0 unspecified atom stereocenters. The third-order valence-electron chi connectivity index (χ3n) is 1.84. The molecule has 0 amide bonds. The molecule has 2 N–H and O–H groups in total. The zero-order valence-corrected chi connectivity index (χ0v) is 11.6. The molecular formula is C8H12BrNO4S2. The van der Waals surface area contributed by atoms with Crippen molar-refractivity contribution >= 4 is 37.3 Å². The van der Waals surface area contributed by atoms with Gasteiger partial charge in [0.25, 0.3) is 10.0 Å². The number of aliphatic hydroxyl groups is 2. The molecule has 0 aliphatic rings. The molecule has 0 spiro atoms. The quantitative estimate of drug-likeness (QED) is 0.796. The van der Waals surface area contributed by atoms with Crippen molar-refractivity contribution in [1.82, 2.24) is 4.31 Å². The number of sulfonamides is 1. The fraction of sp³-hybridized carbons (Fsp3) is 0.500. The van der Waals surface area contributed by atoms with Crippen LogP contribution in [0, 0.1) is 0 Å². The largest absolute Gasteiger partial charge is 0.395 e. The minimum absolute atomic E-state index is 0.0155. The SMILES string of the molecule is O=S(=O)(c1ccc(Br)s1)N(CCO)CCO. The topological polar surface area (TPSA) is 77.8 Å². The van der Waals surface area contributed by atoms with Crippen LogP contribution in [-0.4, -0.2) is 49.2 Å². The van der Waals surface area contributed by atoms with Crippen molar-refractivity contribution in [3.63, 3.8) is 0 Å². The lowest BCUT2D eigenvalue weighted by Gasteiger charge is -2.18. The first-order valence-electron chi connectivity index (χ1n) is 4.49. The minimum Gasteiger partial charge on any atom is -0.395 e. The molecule has 0 aliphatic heterocycles. The Morgan fingerprint density at radius 3 is 2.19 bits per heavy atom. The summed E-state index contributed by atoms with van der Waals surface area (Å²) in [4.78, 5) is 0. The molecule has 0 aromatic carbocycles. The van der Waals surface area contributed by atoms with E-state index in [9.17, 15) is 8.42 Å². The molecule has 1 heterocycles. The smallest absolute Gasteiger partial charge is 0.252 e. The highest BCUT2D eigenvalue weighted by Crippen LogP contribution is 2.28. The molecule has 1 aromatic heterocycles. The van der Waals surface area contributed by atoms with Crippen molar-refractivity contribution in [1.29, 1.82) is 0 Å². The molecule has 92 valence electrons. The Labute approximate surface area is 107 Å². The van der Waals surface area contributed by atoms with Gasteiger partial charge in [-0.25, -0.2) is 8.42 Å². The van der Waals surface area contributed by atoms with E-state index in [0.717, 1.165) is 19.4 Å². The maximum absolute atomic E-state index is 12.0. The number of rotatable bonds is 6. The molecular weight excluding hydrogens is 318 g/mol. The van der Waals surface area contributed by atoms with Crippen LogP contribution in [0.4, 0.5) is 0 Å². The van der Waals surface area contributed by atoms with E-state index in [0.29, 0.717) is 0 Å². The molecule has 1 aromatic rings. The Balaban J connectivity index is 2.97. The van der Waals surface area contributed by atoms with Crippen molar-refractivity contribution in [3.8, 4) is 0 Å². The van der Waals surface area contributed by atoms with Gasteiger partial charge in [-0.1, -0.05) is 0 Å². The third kappa shape index (κ3) is 3.25. The maximum atomic E-state index is 12.0. The molecule has 0 saturated carbocycles. The summed E-state index contributed by atoms with van der Waals surface area (Å²) in [6.07, 6.45) is 0. The second-order valence-electron chi connectivity index (χ2n) is 2.91. The summed E-state index contributed by atoms with van der Waals surface area (Å²) in [5.74, 6) is 0. The fourth-order valence-corrected chi connectivity index (χ4v) is 4.73. The Morgan fingerprint density at radius 2 is 1.81 bits per heavy atom. The van der Waals surface area contributed by atoms with E-state index >= 15 is 0 Å². The van der Waals surface area contributed by atoms with Crippen molar-refractivity contribution in [2.24, 2.45) is 0 Å². The van der Waals surface area contributed by atoms with Gasteiger partial charge in [0, 0.05) is 13.1 Å². The molecule has 0 aliphatic carbocycles. The first-order chi connectivity index (χ1) is 7.52. The van der Waals surface area contributed by atoms with Gasteiger partial charge < -0.3 is 10.2 Å². The summed E-state index contributed by atoms with van der Waals surface area (Å²) in [6, 6.07) is 3.14. The van der Waals surface area contributed by atoms with E-state index < -0.39 is 10.0 Å². The Hall–Kier alpha value is 0.01000. The van der Waals surface area contributed by atoms with E-state index in [1.54, 1.807) is 6.07 Å². The van der Waals surface area contributed by atoms with Crippen LogP contribution in [0.3, 0.4) is 0 Å². The van der Waals surface area contributed by atoms with Gasteiger partial charge in [-0.2, -0.15) is 4.31 Å². The van der Waals surface area contributed by atoms with Crippen molar-refractivity contribution in [3.05, 3.63) is 15.9 Å². The summed E-state index contributed by atoms with van der Waals surface area (Å²) in [5, 5.41) is 17.6. The Kier molecular flexibility index (Phi) is 5.35. The maximum Gasteiger partial charge on any atom is 0.252 e. The van der Waals surface area contributed by atoms with E-state index in [2.05, 4.69) is 15.9 Å². The first kappa shape index (κ1) is 14.1. The van der Waals surface area contributed by atoms with E-state index in [1.165, 1.54) is 6.07 Å². The third-order valence-corrected chi connectivity index (χ3v) is 5.83. The van der Waals surface area contributed by atoms with Gasteiger partial charge in [0.15, 0.2) is 0 Å². The van der Waals surface area contributed by atoms with Crippen molar-refractivity contribution < 1.29 is 18.6 Å². The average molecular weight is 330 g/mol. The van der Waals surface area contributed by atoms with Crippen molar-refractivity contribution in [2.75, 3.05) is 26.3 Å². The van der Waals surface area contributed by atoms with E-state index in [-0.39, 0.29) is 30.5 Å².